The lowest BCUT2D eigenvalue weighted by atomic mass is 10.3. The third kappa shape index (κ3) is 4.40. The van der Waals surface area contributed by atoms with Gasteiger partial charge in [0.05, 0.1) is 7.14 Å². The molecule has 1 atom stereocenters. The molecule has 0 radical (unpaired) electrons. The first kappa shape index (κ1) is 11.5. The van der Waals surface area contributed by atoms with Gasteiger partial charge in [0.1, 0.15) is 0 Å². The Balaban J connectivity index is 4.39. The van der Waals surface area contributed by atoms with Crippen LogP contribution >= 0.6 is 7.14 Å². The van der Waals surface area contributed by atoms with Gasteiger partial charge < -0.3 is 10.3 Å². The van der Waals surface area contributed by atoms with Crippen molar-refractivity contribution in [1.82, 2.24) is 0 Å². The maximum Gasteiger partial charge on any atom is 0.0884 e. The highest BCUT2D eigenvalue weighted by molar-refractivity contribution is 7.63. The first-order valence-corrected chi connectivity index (χ1v) is 6.72. The summed E-state index contributed by atoms with van der Waals surface area (Å²) in [6.07, 6.45) is 4.50. The summed E-state index contributed by atoms with van der Waals surface area (Å²) in [6, 6.07) is 0. The number of hydrogen-bond donors (Lipinski definition) is 1. The van der Waals surface area contributed by atoms with Gasteiger partial charge in [0.2, 0.25) is 0 Å². The van der Waals surface area contributed by atoms with E-state index in [4.69, 9.17) is 5.73 Å². The molecule has 0 amide bonds. The van der Waals surface area contributed by atoms with Crippen LogP contribution in [0.2, 0.25) is 0 Å². The topological polar surface area (TPSA) is 43.1 Å². The summed E-state index contributed by atoms with van der Waals surface area (Å²) in [6.45, 7) is 9.16. The molecule has 0 aliphatic rings. The van der Waals surface area contributed by atoms with Gasteiger partial charge in [-0.15, -0.1) is 0 Å². The lowest BCUT2D eigenvalue weighted by Crippen LogP contribution is -2.02. The number of allylic oxidation sites excluding steroid dienone is 2. The standard InChI is InChI=1S/C9H18NOP/c1-5-9(12(3,4)11)7-6-8(2)10/h6-7,9H,2,5,10H2,1,3-4H3/b7-6-. The van der Waals surface area contributed by atoms with Crippen molar-refractivity contribution in [3.8, 4) is 0 Å². The molecule has 0 saturated heterocycles. The predicted octanol–water partition coefficient (Wildman–Crippen LogP) is 2.42. The SMILES string of the molecule is C=C(N)/C=C\C(CC)P(C)(C)=O. The van der Waals surface area contributed by atoms with Crippen molar-refractivity contribution in [3.05, 3.63) is 24.4 Å². The zero-order valence-electron chi connectivity index (χ0n) is 8.08. The average molecular weight is 187 g/mol. The van der Waals surface area contributed by atoms with Gasteiger partial charge in [-0.05, 0) is 25.8 Å². The van der Waals surface area contributed by atoms with Gasteiger partial charge in [0.15, 0.2) is 0 Å². The van der Waals surface area contributed by atoms with Crippen molar-refractivity contribution in [2.24, 2.45) is 5.73 Å². The molecule has 0 rings (SSSR count). The lowest BCUT2D eigenvalue weighted by molar-refractivity contribution is 0.576. The molecule has 2 nitrogen and oxygen atoms in total. The van der Waals surface area contributed by atoms with Crippen LogP contribution in [0.25, 0.3) is 0 Å². The van der Waals surface area contributed by atoms with Crippen LogP contribution in [0.5, 0.6) is 0 Å². The molecule has 0 heterocycles. The van der Waals surface area contributed by atoms with E-state index in [9.17, 15) is 4.57 Å². The third-order valence-corrected chi connectivity index (χ3v) is 3.88. The molecule has 0 fully saturated rings. The minimum Gasteiger partial charge on any atom is -0.399 e. The highest BCUT2D eigenvalue weighted by Crippen LogP contribution is 2.44. The molecule has 12 heavy (non-hydrogen) atoms. The van der Waals surface area contributed by atoms with E-state index in [0.717, 1.165) is 6.42 Å². The van der Waals surface area contributed by atoms with Gasteiger partial charge in [0, 0.05) is 11.4 Å². The molecule has 70 valence electrons. The Morgan fingerprint density at radius 2 is 2.17 bits per heavy atom. The van der Waals surface area contributed by atoms with Crippen molar-refractivity contribution in [3.63, 3.8) is 0 Å². The van der Waals surface area contributed by atoms with Crippen LogP contribution in [0.1, 0.15) is 13.3 Å². The summed E-state index contributed by atoms with van der Waals surface area (Å²) >= 11 is 0. The fourth-order valence-corrected chi connectivity index (χ4v) is 2.40. The van der Waals surface area contributed by atoms with Crippen molar-refractivity contribution >= 4 is 7.14 Å². The minimum absolute atomic E-state index is 0.137. The summed E-state index contributed by atoms with van der Waals surface area (Å²) < 4.78 is 11.6. The molecule has 0 bridgehead atoms. The Bertz CT molecular complexity index is 227. The quantitative estimate of drug-likeness (QED) is 0.542. The highest BCUT2D eigenvalue weighted by Gasteiger charge is 2.17. The summed E-state index contributed by atoms with van der Waals surface area (Å²) in [5.74, 6) is 0. The fraction of sp³-hybridized carbons (Fsp3) is 0.556. The average Bonchev–Trinajstić information content (AvgIpc) is 1.85. The maximum absolute atomic E-state index is 11.6. The maximum atomic E-state index is 11.6. The Morgan fingerprint density at radius 1 is 1.67 bits per heavy atom. The molecule has 0 saturated carbocycles. The first-order valence-electron chi connectivity index (χ1n) is 4.05. The van der Waals surface area contributed by atoms with Crippen LogP contribution in [0.15, 0.2) is 24.4 Å². The van der Waals surface area contributed by atoms with Crippen LogP contribution < -0.4 is 5.73 Å². The second kappa shape index (κ2) is 4.51. The fourth-order valence-electron chi connectivity index (χ4n) is 1.02. The van der Waals surface area contributed by atoms with Crippen molar-refractivity contribution < 1.29 is 4.57 Å². The summed E-state index contributed by atoms with van der Waals surface area (Å²) in [5, 5.41) is 0. The predicted molar refractivity (Wildman–Crippen MR) is 56.0 cm³/mol. The van der Waals surface area contributed by atoms with Gasteiger partial charge in [0.25, 0.3) is 0 Å². The Hall–Kier alpha value is -0.490. The molecular formula is C9H18NOP. The lowest BCUT2D eigenvalue weighted by Gasteiger charge is -2.15. The first-order chi connectivity index (χ1) is 5.38. The minimum atomic E-state index is -2.02. The van der Waals surface area contributed by atoms with Crippen molar-refractivity contribution in [2.75, 3.05) is 13.3 Å². The van der Waals surface area contributed by atoms with Crippen molar-refractivity contribution in [2.45, 2.75) is 19.0 Å². The molecular weight excluding hydrogens is 169 g/mol. The second-order valence-electron chi connectivity index (χ2n) is 3.34. The zero-order chi connectivity index (χ0) is 9.78. The molecule has 1 unspecified atom stereocenters. The number of hydrogen-bond acceptors (Lipinski definition) is 2. The Labute approximate surface area is 74.9 Å². The largest absolute Gasteiger partial charge is 0.399 e. The summed E-state index contributed by atoms with van der Waals surface area (Å²) in [7, 11) is -2.02. The van der Waals surface area contributed by atoms with Crippen LogP contribution in [0.3, 0.4) is 0 Å². The van der Waals surface area contributed by atoms with Crippen LogP contribution in [0.4, 0.5) is 0 Å². The molecule has 0 aromatic heterocycles. The molecule has 3 heteroatoms. The monoisotopic (exact) mass is 187 g/mol. The van der Waals surface area contributed by atoms with E-state index >= 15 is 0 Å². The van der Waals surface area contributed by atoms with Gasteiger partial charge in [-0.2, -0.15) is 0 Å². The van der Waals surface area contributed by atoms with Crippen LogP contribution in [-0.4, -0.2) is 19.0 Å². The summed E-state index contributed by atoms with van der Waals surface area (Å²) in [5.41, 5.74) is 6.02. The van der Waals surface area contributed by atoms with E-state index in [2.05, 4.69) is 6.58 Å². The van der Waals surface area contributed by atoms with E-state index in [1.807, 2.05) is 13.0 Å². The highest BCUT2D eigenvalue weighted by atomic mass is 31.2. The Kier molecular flexibility index (Phi) is 4.33. The van der Waals surface area contributed by atoms with E-state index in [-0.39, 0.29) is 5.66 Å². The molecule has 2 N–H and O–H groups in total. The molecule has 0 aliphatic heterocycles. The van der Waals surface area contributed by atoms with Crippen LogP contribution in [-0.2, 0) is 4.57 Å². The second-order valence-corrected chi connectivity index (χ2v) is 6.88. The zero-order valence-corrected chi connectivity index (χ0v) is 8.97. The van der Waals surface area contributed by atoms with E-state index in [1.54, 1.807) is 19.4 Å². The smallest absolute Gasteiger partial charge is 0.0884 e. The van der Waals surface area contributed by atoms with E-state index < -0.39 is 7.14 Å². The van der Waals surface area contributed by atoms with Crippen LogP contribution in [0, 0.1) is 0 Å². The van der Waals surface area contributed by atoms with Gasteiger partial charge >= 0.3 is 0 Å². The number of rotatable bonds is 4. The van der Waals surface area contributed by atoms with Gasteiger partial charge in [-0.25, -0.2) is 0 Å². The molecule has 0 spiro atoms. The molecule has 0 aromatic carbocycles. The van der Waals surface area contributed by atoms with E-state index in [0.29, 0.717) is 5.70 Å². The summed E-state index contributed by atoms with van der Waals surface area (Å²) in [4.78, 5) is 0. The Morgan fingerprint density at radius 3 is 2.42 bits per heavy atom. The normalized spacial score (nSPS) is 14.9. The molecule has 0 aliphatic carbocycles. The third-order valence-electron chi connectivity index (χ3n) is 1.75. The molecule has 0 aromatic rings. The number of nitrogens with two attached hydrogens (primary N) is 1. The van der Waals surface area contributed by atoms with Gasteiger partial charge in [-0.1, -0.05) is 19.6 Å². The van der Waals surface area contributed by atoms with Crippen molar-refractivity contribution in [1.29, 1.82) is 0 Å². The van der Waals surface area contributed by atoms with Gasteiger partial charge in [-0.3, -0.25) is 0 Å². The van der Waals surface area contributed by atoms with E-state index in [1.165, 1.54) is 0 Å².